The highest BCUT2D eigenvalue weighted by Crippen LogP contribution is 2.39. The Morgan fingerprint density at radius 1 is 1.26 bits per heavy atom. The van der Waals surface area contributed by atoms with Gasteiger partial charge in [0.15, 0.2) is 23.0 Å². The Hall–Kier alpha value is -3.18. The van der Waals surface area contributed by atoms with Gasteiger partial charge in [-0.15, -0.1) is 0 Å². The lowest BCUT2D eigenvalue weighted by atomic mass is 10.1. The van der Waals surface area contributed by atoms with Crippen molar-refractivity contribution in [3.63, 3.8) is 0 Å². The second-order valence-electron chi connectivity index (χ2n) is 7.04. The van der Waals surface area contributed by atoms with Crippen molar-refractivity contribution in [3.8, 4) is 29.1 Å². The van der Waals surface area contributed by atoms with Gasteiger partial charge < -0.3 is 24.3 Å². The molecule has 1 aliphatic rings. The Bertz CT molecular complexity index is 1040. The number of hydrogen-bond donors (Lipinski definition) is 1. The number of fused-ring (bicyclic) bond motifs is 1. The van der Waals surface area contributed by atoms with Crippen molar-refractivity contribution < 1.29 is 23.7 Å². The predicted molar refractivity (Wildman–Crippen MR) is 119 cm³/mol. The summed E-state index contributed by atoms with van der Waals surface area (Å²) >= 11 is 3.52. The average molecular weight is 487 g/mol. The molecule has 3 rings (SSSR count). The van der Waals surface area contributed by atoms with Gasteiger partial charge in [0.1, 0.15) is 18.2 Å². The molecule has 0 bridgehead atoms. The molecule has 1 heterocycles. The Labute approximate surface area is 189 Å². The number of rotatable bonds is 8. The number of carbonyl (C=O) groups is 1. The second kappa shape index (κ2) is 10.2. The Kier molecular flexibility index (Phi) is 7.42. The molecule has 2 aromatic carbocycles. The molecule has 0 spiro atoms. The molecule has 7 nitrogen and oxygen atoms in total. The molecule has 0 saturated heterocycles. The molecular weight excluding hydrogens is 464 g/mol. The summed E-state index contributed by atoms with van der Waals surface area (Å²) in [5, 5.41) is 12.1. The van der Waals surface area contributed by atoms with E-state index in [-0.39, 0.29) is 18.4 Å². The minimum Gasteiger partial charge on any atom is -0.490 e. The van der Waals surface area contributed by atoms with Gasteiger partial charge in [-0.1, -0.05) is 6.07 Å². The van der Waals surface area contributed by atoms with Crippen molar-refractivity contribution in [1.82, 2.24) is 5.32 Å². The summed E-state index contributed by atoms with van der Waals surface area (Å²) in [6.45, 7) is 6.49. The van der Waals surface area contributed by atoms with Gasteiger partial charge in [0.25, 0.3) is 5.91 Å². The normalized spacial score (nSPS) is 12.5. The average Bonchev–Trinajstić information content (AvgIpc) is 3.19. The van der Waals surface area contributed by atoms with Crippen molar-refractivity contribution >= 4 is 27.9 Å². The maximum Gasteiger partial charge on any atom is 0.262 e. The molecule has 1 amide bonds. The number of nitrogens with one attached hydrogen (secondary N) is 1. The molecule has 0 saturated carbocycles. The van der Waals surface area contributed by atoms with E-state index in [9.17, 15) is 10.1 Å². The zero-order valence-electron chi connectivity index (χ0n) is 17.5. The van der Waals surface area contributed by atoms with E-state index < -0.39 is 5.91 Å². The van der Waals surface area contributed by atoms with E-state index >= 15 is 0 Å². The Morgan fingerprint density at radius 3 is 2.74 bits per heavy atom. The van der Waals surface area contributed by atoms with E-state index in [2.05, 4.69) is 21.2 Å². The number of amides is 1. The quantitative estimate of drug-likeness (QED) is 0.433. The first-order valence-electron chi connectivity index (χ1n) is 9.81. The molecule has 0 aliphatic carbocycles. The van der Waals surface area contributed by atoms with Crippen LogP contribution in [0.5, 0.6) is 23.0 Å². The van der Waals surface area contributed by atoms with E-state index in [0.717, 1.165) is 5.56 Å². The van der Waals surface area contributed by atoms with Gasteiger partial charge in [-0.25, -0.2) is 0 Å². The lowest BCUT2D eigenvalue weighted by Gasteiger charge is -2.15. The molecule has 0 unspecified atom stereocenters. The SMILES string of the molecule is CCOc1cc(/C=C(/C#N)C(=O)NC(C)C)cc(Br)c1OCc1ccc2c(c1)OCO2. The van der Waals surface area contributed by atoms with Crippen LogP contribution in [0.4, 0.5) is 0 Å². The molecule has 0 aromatic heterocycles. The van der Waals surface area contributed by atoms with Crippen LogP contribution in [-0.2, 0) is 11.4 Å². The third kappa shape index (κ3) is 5.70. The van der Waals surface area contributed by atoms with Gasteiger partial charge in [0.05, 0.1) is 11.1 Å². The van der Waals surface area contributed by atoms with E-state index in [4.69, 9.17) is 18.9 Å². The number of halogens is 1. The molecular formula is C23H23BrN2O5. The van der Waals surface area contributed by atoms with Crippen LogP contribution in [0.15, 0.2) is 40.4 Å². The number of hydrogen-bond acceptors (Lipinski definition) is 6. The third-order valence-corrected chi connectivity index (χ3v) is 4.84. The minimum absolute atomic E-state index is 0.0112. The monoisotopic (exact) mass is 486 g/mol. The van der Waals surface area contributed by atoms with Crippen LogP contribution >= 0.6 is 15.9 Å². The van der Waals surface area contributed by atoms with Crippen molar-refractivity contribution in [2.24, 2.45) is 0 Å². The smallest absolute Gasteiger partial charge is 0.262 e. The minimum atomic E-state index is -0.422. The van der Waals surface area contributed by atoms with Crippen LogP contribution in [0.25, 0.3) is 6.08 Å². The van der Waals surface area contributed by atoms with Gasteiger partial charge in [0.2, 0.25) is 6.79 Å². The van der Waals surface area contributed by atoms with Crippen LogP contribution in [0.2, 0.25) is 0 Å². The molecule has 0 atom stereocenters. The fourth-order valence-electron chi connectivity index (χ4n) is 2.92. The number of ether oxygens (including phenoxy) is 4. The molecule has 0 radical (unpaired) electrons. The summed E-state index contributed by atoms with van der Waals surface area (Å²) in [5.74, 6) is 2.02. The second-order valence-corrected chi connectivity index (χ2v) is 7.89. The van der Waals surface area contributed by atoms with E-state index in [1.807, 2.05) is 45.0 Å². The van der Waals surface area contributed by atoms with Crippen LogP contribution in [0.3, 0.4) is 0 Å². The molecule has 162 valence electrons. The summed E-state index contributed by atoms with van der Waals surface area (Å²) < 4.78 is 23.2. The lowest BCUT2D eigenvalue weighted by molar-refractivity contribution is -0.117. The maximum absolute atomic E-state index is 12.2. The standard InChI is InChI=1S/C23H23BrN2O5/c1-4-28-21-10-16(7-17(11-25)23(27)26-14(2)3)8-18(24)22(21)29-12-15-5-6-19-20(9-15)31-13-30-19/h5-10,14H,4,12-13H2,1-3H3,(H,26,27)/b17-7-. The van der Waals surface area contributed by atoms with Gasteiger partial charge in [-0.2, -0.15) is 5.26 Å². The van der Waals surface area contributed by atoms with Crippen molar-refractivity contribution in [2.75, 3.05) is 13.4 Å². The zero-order chi connectivity index (χ0) is 22.4. The third-order valence-electron chi connectivity index (χ3n) is 4.25. The summed E-state index contributed by atoms with van der Waals surface area (Å²) in [6, 6.07) is 11.0. The van der Waals surface area contributed by atoms with Crippen LogP contribution in [0, 0.1) is 11.3 Å². The lowest BCUT2D eigenvalue weighted by Crippen LogP contribution is -2.30. The van der Waals surface area contributed by atoms with Crippen molar-refractivity contribution in [3.05, 3.63) is 51.5 Å². The molecule has 2 aromatic rings. The van der Waals surface area contributed by atoms with Crippen LogP contribution in [-0.4, -0.2) is 25.3 Å². The number of benzene rings is 2. The molecule has 1 N–H and O–H groups in total. The van der Waals surface area contributed by atoms with Gasteiger partial charge in [-0.05, 0) is 78.2 Å². The Balaban J connectivity index is 1.84. The summed E-state index contributed by atoms with van der Waals surface area (Å²) in [4.78, 5) is 12.2. The highest BCUT2D eigenvalue weighted by Gasteiger charge is 2.17. The van der Waals surface area contributed by atoms with E-state index in [1.165, 1.54) is 6.08 Å². The molecule has 8 heteroatoms. The summed E-state index contributed by atoms with van der Waals surface area (Å²) in [5.41, 5.74) is 1.57. The number of nitrogens with zero attached hydrogens (tertiary/aromatic N) is 1. The van der Waals surface area contributed by atoms with Crippen molar-refractivity contribution in [1.29, 1.82) is 5.26 Å². The van der Waals surface area contributed by atoms with E-state index in [0.29, 0.717) is 46.2 Å². The molecule has 1 aliphatic heterocycles. The van der Waals surface area contributed by atoms with Crippen LogP contribution < -0.4 is 24.3 Å². The topological polar surface area (TPSA) is 89.8 Å². The first-order chi connectivity index (χ1) is 14.9. The highest BCUT2D eigenvalue weighted by atomic mass is 79.9. The number of carbonyl (C=O) groups excluding carboxylic acids is 1. The summed E-state index contributed by atoms with van der Waals surface area (Å²) in [6.07, 6.45) is 1.52. The Morgan fingerprint density at radius 2 is 2.03 bits per heavy atom. The van der Waals surface area contributed by atoms with Gasteiger partial charge >= 0.3 is 0 Å². The fraction of sp³-hybridized carbons (Fsp3) is 0.304. The van der Waals surface area contributed by atoms with E-state index in [1.54, 1.807) is 12.1 Å². The maximum atomic E-state index is 12.2. The predicted octanol–water partition coefficient (Wildman–Crippen LogP) is 4.59. The van der Waals surface area contributed by atoms with Gasteiger partial charge in [0, 0.05) is 6.04 Å². The largest absolute Gasteiger partial charge is 0.490 e. The number of nitriles is 1. The first-order valence-corrected chi connectivity index (χ1v) is 10.6. The zero-order valence-corrected chi connectivity index (χ0v) is 19.1. The van der Waals surface area contributed by atoms with Crippen molar-refractivity contribution in [2.45, 2.75) is 33.4 Å². The fourth-order valence-corrected chi connectivity index (χ4v) is 3.49. The molecule has 0 fully saturated rings. The summed E-state index contributed by atoms with van der Waals surface area (Å²) in [7, 11) is 0. The first kappa shape index (κ1) is 22.5. The van der Waals surface area contributed by atoms with Gasteiger partial charge in [-0.3, -0.25) is 4.79 Å². The van der Waals surface area contributed by atoms with Crippen LogP contribution in [0.1, 0.15) is 31.9 Å². The molecule has 31 heavy (non-hydrogen) atoms. The highest BCUT2D eigenvalue weighted by molar-refractivity contribution is 9.10.